The molecule has 0 radical (unpaired) electrons. The molecule has 3 aromatic rings. The largest absolute Gasteiger partial charge is 0.376 e. The molecule has 1 unspecified atom stereocenters. The molecule has 1 aromatic carbocycles. The second-order valence-corrected chi connectivity index (χ2v) is 9.78. The summed E-state index contributed by atoms with van der Waals surface area (Å²) in [6.07, 6.45) is 2.11. The Morgan fingerprint density at radius 3 is 2.79 bits per heavy atom. The monoisotopic (exact) mass is 481 g/mol. The standard InChI is InChI=1S/C19H17BrFN3O2S2/c20-17-8-7-16(28-17)15(25)11-27-19-23-22-18(12-3-5-13(21)6-4-12)24(19)10-14-2-1-9-26-14/h3-8,14H,1-2,9-11H2. The average Bonchev–Trinajstić information content (AvgIpc) is 3.43. The van der Waals surface area contributed by atoms with Crippen molar-refractivity contribution in [2.75, 3.05) is 12.4 Å². The van der Waals surface area contributed by atoms with E-state index in [0.717, 1.165) is 28.8 Å². The van der Waals surface area contributed by atoms with Crippen LogP contribution in [0.15, 0.2) is 45.3 Å². The van der Waals surface area contributed by atoms with E-state index in [4.69, 9.17) is 4.74 Å². The number of rotatable bonds is 7. The summed E-state index contributed by atoms with van der Waals surface area (Å²) < 4.78 is 22.0. The van der Waals surface area contributed by atoms with E-state index in [1.54, 1.807) is 12.1 Å². The lowest BCUT2D eigenvalue weighted by molar-refractivity contribution is 0.0953. The van der Waals surface area contributed by atoms with Gasteiger partial charge in [0.25, 0.3) is 0 Å². The van der Waals surface area contributed by atoms with Crippen molar-refractivity contribution in [2.45, 2.75) is 30.6 Å². The molecule has 2 aromatic heterocycles. The molecule has 28 heavy (non-hydrogen) atoms. The number of thiophene rings is 1. The molecule has 1 aliphatic rings. The Morgan fingerprint density at radius 2 is 2.11 bits per heavy atom. The van der Waals surface area contributed by atoms with Gasteiger partial charge in [-0.15, -0.1) is 21.5 Å². The number of ether oxygens (including phenoxy) is 1. The lowest BCUT2D eigenvalue weighted by atomic mass is 10.2. The van der Waals surface area contributed by atoms with Crippen molar-refractivity contribution in [2.24, 2.45) is 0 Å². The van der Waals surface area contributed by atoms with E-state index in [9.17, 15) is 9.18 Å². The number of benzene rings is 1. The average molecular weight is 482 g/mol. The fourth-order valence-electron chi connectivity index (χ4n) is 3.03. The van der Waals surface area contributed by atoms with Gasteiger partial charge in [0, 0.05) is 12.2 Å². The fourth-order valence-corrected chi connectivity index (χ4v) is 5.28. The third-order valence-corrected chi connectivity index (χ3v) is 7.04. The van der Waals surface area contributed by atoms with Gasteiger partial charge in [0.05, 0.1) is 27.1 Å². The van der Waals surface area contributed by atoms with Crippen molar-refractivity contribution in [1.82, 2.24) is 14.8 Å². The lowest BCUT2D eigenvalue weighted by Gasteiger charge is -2.14. The highest BCUT2D eigenvalue weighted by Crippen LogP contribution is 2.28. The Bertz CT molecular complexity index is 968. The topological polar surface area (TPSA) is 57.0 Å². The Hall–Kier alpha value is -1.55. The summed E-state index contributed by atoms with van der Waals surface area (Å²) in [6.45, 7) is 1.37. The van der Waals surface area contributed by atoms with E-state index in [-0.39, 0.29) is 23.5 Å². The summed E-state index contributed by atoms with van der Waals surface area (Å²) in [7, 11) is 0. The van der Waals surface area contributed by atoms with Crippen LogP contribution in [0.1, 0.15) is 22.5 Å². The highest BCUT2D eigenvalue weighted by Gasteiger charge is 2.22. The molecule has 0 spiro atoms. The molecule has 0 saturated carbocycles. The molecule has 146 valence electrons. The SMILES string of the molecule is O=C(CSc1nnc(-c2ccc(F)cc2)n1CC1CCCO1)c1ccc(Br)s1. The van der Waals surface area contributed by atoms with Crippen LogP contribution in [0.3, 0.4) is 0 Å². The van der Waals surface area contributed by atoms with Gasteiger partial charge in [0.2, 0.25) is 0 Å². The molecule has 3 heterocycles. The molecule has 5 nitrogen and oxygen atoms in total. The third kappa shape index (κ3) is 4.53. The van der Waals surface area contributed by atoms with Gasteiger partial charge in [-0.25, -0.2) is 4.39 Å². The van der Waals surface area contributed by atoms with Crippen LogP contribution in [-0.2, 0) is 11.3 Å². The maximum Gasteiger partial charge on any atom is 0.192 e. The van der Waals surface area contributed by atoms with Gasteiger partial charge in [-0.3, -0.25) is 9.36 Å². The zero-order valence-corrected chi connectivity index (χ0v) is 18.0. The van der Waals surface area contributed by atoms with Gasteiger partial charge in [-0.2, -0.15) is 0 Å². The third-order valence-electron chi connectivity index (χ3n) is 4.41. The second-order valence-electron chi connectivity index (χ2n) is 6.37. The highest BCUT2D eigenvalue weighted by atomic mass is 79.9. The van der Waals surface area contributed by atoms with E-state index in [1.807, 2.05) is 16.7 Å². The number of Topliss-reactive ketones (excluding diaryl/α,β-unsaturated/α-hetero) is 1. The molecule has 0 aliphatic carbocycles. The zero-order chi connectivity index (χ0) is 19.5. The van der Waals surface area contributed by atoms with Crippen LogP contribution in [0.2, 0.25) is 0 Å². The van der Waals surface area contributed by atoms with Crippen molar-refractivity contribution in [3.63, 3.8) is 0 Å². The zero-order valence-electron chi connectivity index (χ0n) is 14.8. The Labute approximate surface area is 178 Å². The summed E-state index contributed by atoms with van der Waals surface area (Å²) in [5.74, 6) is 0.691. The van der Waals surface area contributed by atoms with Gasteiger partial charge in [0.15, 0.2) is 16.8 Å². The molecule has 4 rings (SSSR count). The lowest BCUT2D eigenvalue weighted by Crippen LogP contribution is -2.17. The number of carbonyl (C=O) groups is 1. The molecular weight excluding hydrogens is 465 g/mol. The van der Waals surface area contributed by atoms with Crippen LogP contribution in [-0.4, -0.2) is 39.0 Å². The first-order valence-electron chi connectivity index (χ1n) is 8.82. The Morgan fingerprint density at radius 1 is 1.29 bits per heavy atom. The molecule has 0 amide bonds. The minimum Gasteiger partial charge on any atom is -0.376 e. The summed E-state index contributed by atoms with van der Waals surface area (Å²) in [5.41, 5.74) is 0.785. The molecule has 1 fully saturated rings. The van der Waals surface area contributed by atoms with E-state index >= 15 is 0 Å². The van der Waals surface area contributed by atoms with Gasteiger partial charge >= 0.3 is 0 Å². The first-order valence-corrected chi connectivity index (χ1v) is 11.4. The number of thioether (sulfide) groups is 1. The first kappa shape index (κ1) is 19.8. The predicted octanol–water partition coefficient (Wildman–Crippen LogP) is 5.06. The van der Waals surface area contributed by atoms with Crippen molar-refractivity contribution in [3.05, 3.63) is 50.9 Å². The van der Waals surface area contributed by atoms with Gasteiger partial charge in [-0.05, 0) is 65.2 Å². The van der Waals surface area contributed by atoms with Crippen LogP contribution in [0.4, 0.5) is 4.39 Å². The van der Waals surface area contributed by atoms with Crippen molar-refractivity contribution >= 4 is 44.8 Å². The number of ketones is 1. The summed E-state index contributed by atoms with van der Waals surface area (Å²) in [4.78, 5) is 13.2. The smallest absolute Gasteiger partial charge is 0.192 e. The fraction of sp³-hybridized carbons (Fsp3) is 0.316. The van der Waals surface area contributed by atoms with Crippen LogP contribution in [0.5, 0.6) is 0 Å². The van der Waals surface area contributed by atoms with E-state index < -0.39 is 0 Å². The number of nitrogens with zero attached hydrogens (tertiary/aromatic N) is 3. The van der Waals surface area contributed by atoms with E-state index in [1.165, 1.54) is 35.2 Å². The molecule has 1 aliphatic heterocycles. The summed E-state index contributed by atoms with van der Waals surface area (Å²) in [5, 5.41) is 9.27. The minimum atomic E-state index is -0.295. The minimum absolute atomic E-state index is 0.0516. The van der Waals surface area contributed by atoms with Crippen LogP contribution >= 0.6 is 39.0 Å². The van der Waals surface area contributed by atoms with Gasteiger partial charge in [-0.1, -0.05) is 11.8 Å². The molecule has 1 saturated heterocycles. The molecule has 1 atom stereocenters. The number of carbonyl (C=O) groups excluding carboxylic acids is 1. The molecule has 0 bridgehead atoms. The number of hydrogen-bond donors (Lipinski definition) is 0. The van der Waals surface area contributed by atoms with Crippen LogP contribution in [0, 0.1) is 5.82 Å². The predicted molar refractivity (Wildman–Crippen MR) is 111 cm³/mol. The Kier molecular flexibility index (Phi) is 6.25. The van der Waals surface area contributed by atoms with Crippen LogP contribution in [0.25, 0.3) is 11.4 Å². The highest BCUT2D eigenvalue weighted by molar-refractivity contribution is 9.11. The normalized spacial score (nSPS) is 16.6. The number of hydrogen-bond acceptors (Lipinski definition) is 6. The maximum absolute atomic E-state index is 13.3. The van der Waals surface area contributed by atoms with Crippen molar-refractivity contribution in [3.8, 4) is 11.4 Å². The quantitative estimate of drug-likeness (QED) is 0.348. The van der Waals surface area contributed by atoms with Gasteiger partial charge < -0.3 is 4.74 Å². The van der Waals surface area contributed by atoms with Crippen LogP contribution < -0.4 is 0 Å². The van der Waals surface area contributed by atoms with Crippen molar-refractivity contribution < 1.29 is 13.9 Å². The van der Waals surface area contributed by atoms with E-state index in [2.05, 4.69) is 26.1 Å². The van der Waals surface area contributed by atoms with Gasteiger partial charge in [0.1, 0.15) is 5.82 Å². The molecular formula is C19H17BrFN3O2S2. The summed E-state index contributed by atoms with van der Waals surface area (Å²) >= 11 is 6.17. The molecule has 9 heteroatoms. The maximum atomic E-state index is 13.3. The number of halogens is 2. The first-order chi connectivity index (χ1) is 13.6. The number of aromatic nitrogens is 3. The Balaban J connectivity index is 1.56. The van der Waals surface area contributed by atoms with Crippen molar-refractivity contribution in [1.29, 1.82) is 0 Å². The molecule has 0 N–H and O–H groups in total. The van der Waals surface area contributed by atoms with E-state index in [0.29, 0.717) is 22.4 Å². The second kappa shape index (κ2) is 8.86. The summed E-state index contributed by atoms with van der Waals surface area (Å²) in [6, 6.07) is 9.88.